The molecule has 4 nitrogen and oxygen atoms in total. The van der Waals surface area contributed by atoms with Crippen molar-refractivity contribution >= 4 is 17.3 Å². The molecule has 1 amide bonds. The predicted molar refractivity (Wildman–Crippen MR) is 74.7 cm³/mol. The second-order valence-electron chi connectivity index (χ2n) is 4.32. The van der Waals surface area contributed by atoms with Gasteiger partial charge >= 0.3 is 0 Å². The van der Waals surface area contributed by atoms with Gasteiger partial charge in [0, 0.05) is 31.0 Å². The highest BCUT2D eigenvalue weighted by atomic mass is 16.5. The molecule has 0 aliphatic carbocycles. The van der Waals surface area contributed by atoms with Gasteiger partial charge in [-0.1, -0.05) is 6.07 Å². The molecule has 0 heterocycles. The van der Waals surface area contributed by atoms with Gasteiger partial charge in [-0.25, -0.2) is 0 Å². The number of anilines is 2. The number of nitrogens with one attached hydrogen (secondary N) is 1. The lowest BCUT2D eigenvalue weighted by Crippen LogP contribution is -2.14. The van der Waals surface area contributed by atoms with E-state index in [-0.39, 0.29) is 5.91 Å². The number of benzene rings is 1. The third-order valence-electron chi connectivity index (χ3n) is 2.88. The number of carbonyl (C=O) groups is 1. The molecule has 0 spiro atoms. The molecule has 0 aromatic heterocycles. The molecule has 18 heavy (non-hydrogen) atoms. The molecular formula is C14H22N2O2. The fraction of sp³-hybridized carbons (Fsp3) is 0.500. The number of rotatable bonds is 6. The van der Waals surface area contributed by atoms with Gasteiger partial charge in [-0.2, -0.15) is 0 Å². The van der Waals surface area contributed by atoms with Crippen molar-refractivity contribution in [2.24, 2.45) is 0 Å². The van der Waals surface area contributed by atoms with Crippen molar-refractivity contribution in [3.63, 3.8) is 0 Å². The summed E-state index contributed by atoms with van der Waals surface area (Å²) in [7, 11) is 0. The molecule has 1 aromatic carbocycles. The molecule has 0 unspecified atom stereocenters. The Morgan fingerprint density at radius 2 is 2.11 bits per heavy atom. The Bertz CT molecular complexity index is 417. The number of ether oxygens (including phenoxy) is 1. The summed E-state index contributed by atoms with van der Waals surface area (Å²) in [6.07, 6.45) is 1.20. The van der Waals surface area contributed by atoms with Crippen LogP contribution in [0.1, 0.15) is 30.9 Å². The second-order valence-corrected chi connectivity index (χ2v) is 4.32. The quantitative estimate of drug-likeness (QED) is 0.602. The summed E-state index contributed by atoms with van der Waals surface area (Å²) in [6.45, 7) is 7.13. The summed E-state index contributed by atoms with van der Waals surface area (Å²) >= 11 is 0. The third kappa shape index (κ3) is 4.04. The third-order valence-corrected chi connectivity index (χ3v) is 2.88. The summed E-state index contributed by atoms with van der Waals surface area (Å²) in [5.41, 5.74) is 9.31. The van der Waals surface area contributed by atoms with Gasteiger partial charge in [0.15, 0.2) is 0 Å². The van der Waals surface area contributed by atoms with Crippen LogP contribution in [0.4, 0.5) is 11.4 Å². The number of carbonyl (C=O) groups excluding carboxylic acids is 1. The number of nitrogens with two attached hydrogens (primary N) is 1. The van der Waals surface area contributed by atoms with Gasteiger partial charge in [0.2, 0.25) is 5.91 Å². The fourth-order valence-electron chi connectivity index (χ4n) is 1.74. The van der Waals surface area contributed by atoms with Gasteiger partial charge in [-0.15, -0.1) is 0 Å². The highest BCUT2D eigenvalue weighted by Gasteiger charge is 2.09. The zero-order valence-corrected chi connectivity index (χ0v) is 11.4. The zero-order chi connectivity index (χ0) is 13.5. The smallest absolute Gasteiger partial charge is 0.224 e. The lowest BCUT2D eigenvalue weighted by molar-refractivity contribution is -0.116. The molecule has 0 aliphatic rings. The van der Waals surface area contributed by atoms with Gasteiger partial charge in [-0.05, 0) is 44.4 Å². The molecule has 0 atom stereocenters. The molecule has 0 bridgehead atoms. The lowest BCUT2D eigenvalue weighted by atomic mass is 10.1. The molecular weight excluding hydrogens is 228 g/mol. The Labute approximate surface area is 109 Å². The van der Waals surface area contributed by atoms with Crippen molar-refractivity contribution < 1.29 is 9.53 Å². The minimum absolute atomic E-state index is 0.00602. The number of nitrogen functional groups attached to an aromatic ring is 1. The monoisotopic (exact) mass is 250 g/mol. The van der Waals surface area contributed by atoms with Gasteiger partial charge in [0.1, 0.15) is 0 Å². The van der Waals surface area contributed by atoms with E-state index in [0.29, 0.717) is 25.3 Å². The molecule has 0 saturated heterocycles. The number of hydrogen-bond acceptors (Lipinski definition) is 3. The van der Waals surface area contributed by atoms with Crippen molar-refractivity contribution in [1.29, 1.82) is 0 Å². The molecule has 0 radical (unpaired) electrons. The van der Waals surface area contributed by atoms with Crippen LogP contribution in [0, 0.1) is 13.8 Å². The summed E-state index contributed by atoms with van der Waals surface area (Å²) in [4.78, 5) is 11.8. The number of amides is 1. The van der Waals surface area contributed by atoms with Crippen LogP contribution < -0.4 is 11.1 Å². The Morgan fingerprint density at radius 3 is 2.78 bits per heavy atom. The highest BCUT2D eigenvalue weighted by Crippen LogP contribution is 2.25. The lowest BCUT2D eigenvalue weighted by Gasteiger charge is -2.13. The van der Waals surface area contributed by atoms with E-state index >= 15 is 0 Å². The number of hydrogen-bond donors (Lipinski definition) is 2. The topological polar surface area (TPSA) is 64.3 Å². The van der Waals surface area contributed by atoms with Gasteiger partial charge < -0.3 is 15.8 Å². The van der Waals surface area contributed by atoms with E-state index in [1.54, 1.807) is 0 Å². The molecule has 0 aliphatic heterocycles. The molecule has 3 N–H and O–H groups in total. The highest BCUT2D eigenvalue weighted by molar-refractivity contribution is 5.93. The Hall–Kier alpha value is -1.55. The van der Waals surface area contributed by atoms with Crippen molar-refractivity contribution in [3.05, 3.63) is 23.3 Å². The van der Waals surface area contributed by atoms with E-state index in [2.05, 4.69) is 5.32 Å². The average Bonchev–Trinajstić information content (AvgIpc) is 2.35. The molecule has 4 heteroatoms. The number of aryl methyl sites for hydroxylation is 1. The van der Waals surface area contributed by atoms with Crippen molar-refractivity contribution in [2.45, 2.75) is 33.6 Å². The van der Waals surface area contributed by atoms with Crippen LogP contribution >= 0.6 is 0 Å². The Balaban J connectivity index is 2.57. The maximum Gasteiger partial charge on any atom is 0.224 e. The first-order chi connectivity index (χ1) is 8.56. The molecule has 100 valence electrons. The van der Waals surface area contributed by atoms with Crippen molar-refractivity contribution in [1.82, 2.24) is 0 Å². The molecule has 0 fully saturated rings. The fourth-order valence-corrected chi connectivity index (χ4v) is 1.74. The van der Waals surface area contributed by atoms with Crippen LogP contribution in [-0.4, -0.2) is 19.1 Å². The SMILES string of the molecule is CCOCCCC(=O)Nc1c(C)ccc(N)c1C. The molecule has 1 aromatic rings. The Morgan fingerprint density at radius 1 is 1.39 bits per heavy atom. The second kappa shape index (κ2) is 7.01. The van der Waals surface area contributed by atoms with Crippen LogP contribution in [0.3, 0.4) is 0 Å². The summed E-state index contributed by atoms with van der Waals surface area (Å²) in [5, 5.41) is 2.92. The maximum atomic E-state index is 11.8. The van der Waals surface area contributed by atoms with Crippen molar-refractivity contribution in [2.75, 3.05) is 24.3 Å². The van der Waals surface area contributed by atoms with Gasteiger partial charge in [0.25, 0.3) is 0 Å². The zero-order valence-electron chi connectivity index (χ0n) is 11.4. The summed E-state index contributed by atoms with van der Waals surface area (Å²) in [6, 6.07) is 3.77. The summed E-state index contributed by atoms with van der Waals surface area (Å²) in [5.74, 6) is 0.00602. The molecule has 0 saturated carbocycles. The first-order valence-electron chi connectivity index (χ1n) is 6.29. The Kier molecular flexibility index (Phi) is 5.65. The van der Waals surface area contributed by atoms with E-state index in [1.807, 2.05) is 32.9 Å². The first-order valence-corrected chi connectivity index (χ1v) is 6.29. The minimum atomic E-state index is 0.00602. The molecule has 1 rings (SSSR count). The van der Waals surface area contributed by atoms with Crippen LogP contribution in [0.15, 0.2) is 12.1 Å². The van der Waals surface area contributed by atoms with Crippen molar-refractivity contribution in [3.8, 4) is 0 Å². The van der Waals surface area contributed by atoms with Crippen LogP contribution in [0.25, 0.3) is 0 Å². The van der Waals surface area contributed by atoms with E-state index in [9.17, 15) is 4.79 Å². The summed E-state index contributed by atoms with van der Waals surface area (Å²) < 4.78 is 5.20. The van der Waals surface area contributed by atoms with E-state index in [1.165, 1.54) is 0 Å². The van der Waals surface area contributed by atoms with E-state index in [4.69, 9.17) is 10.5 Å². The average molecular weight is 250 g/mol. The predicted octanol–water partition coefficient (Wildman–Crippen LogP) is 2.64. The van der Waals surface area contributed by atoms with Crippen LogP contribution in [0.2, 0.25) is 0 Å². The first kappa shape index (κ1) is 14.5. The maximum absolute atomic E-state index is 11.8. The van der Waals surface area contributed by atoms with Crippen LogP contribution in [-0.2, 0) is 9.53 Å². The minimum Gasteiger partial charge on any atom is -0.398 e. The standard InChI is InChI=1S/C14H22N2O2/c1-4-18-9-5-6-13(17)16-14-10(2)7-8-12(15)11(14)3/h7-8H,4-6,9,15H2,1-3H3,(H,16,17). The normalized spacial score (nSPS) is 10.4. The van der Waals surface area contributed by atoms with E-state index in [0.717, 1.165) is 23.2 Å². The van der Waals surface area contributed by atoms with Gasteiger partial charge in [0.05, 0.1) is 0 Å². The van der Waals surface area contributed by atoms with Gasteiger partial charge in [-0.3, -0.25) is 4.79 Å². The largest absolute Gasteiger partial charge is 0.398 e. The van der Waals surface area contributed by atoms with Crippen LogP contribution in [0.5, 0.6) is 0 Å². The van der Waals surface area contributed by atoms with E-state index < -0.39 is 0 Å².